The maximum absolute atomic E-state index is 5.70. The molecule has 0 saturated heterocycles. The fourth-order valence-corrected chi connectivity index (χ4v) is 2.32. The first kappa shape index (κ1) is 12.4. The van der Waals surface area contributed by atoms with Crippen LogP contribution >= 0.6 is 0 Å². The van der Waals surface area contributed by atoms with Crippen LogP contribution in [0.3, 0.4) is 0 Å². The van der Waals surface area contributed by atoms with Crippen molar-refractivity contribution in [3.05, 3.63) is 29.8 Å². The third-order valence-corrected chi connectivity index (χ3v) is 3.50. The second-order valence-corrected chi connectivity index (χ2v) is 4.83. The summed E-state index contributed by atoms with van der Waals surface area (Å²) in [6.45, 7) is 2.77. The molecule has 94 valence electrons. The molecule has 1 atom stereocenters. The number of hydrogen-bond donors (Lipinski definition) is 1. The third-order valence-electron chi connectivity index (χ3n) is 3.50. The molecule has 17 heavy (non-hydrogen) atoms. The summed E-state index contributed by atoms with van der Waals surface area (Å²) < 4.78 is 5.70. The van der Waals surface area contributed by atoms with E-state index in [2.05, 4.69) is 23.5 Å². The number of rotatable bonds is 7. The summed E-state index contributed by atoms with van der Waals surface area (Å²) in [6, 6.07) is 8.82. The fourth-order valence-electron chi connectivity index (χ4n) is 2.32. The molecule has 0 radical (unpaired) electrons. The van der Waals surface area contributed by atoms with E-state index in [0.29, 0.717) is 6.04 Å². The Morgan fingerprint density at radius 1 is 1.35 bits per heavy atom. The predicted molar refractivity (Wildman–Crippen MR) is 71.4 cm³/mol. The van der Waals surface area contributed by atoms with E-state index in [0.717, 1.165) is 18.3 Å². The second-order valence-electron chi connectivity index (χ2n) is 4.83. The van der Waals surface area contributed by atoms with Gasteiger partial charge in [-0.05, 0) is 38.8 Å². The molecule has 0 aromatic heterocycles. The minimum absolute atomic E-state index is 0.429. The minimum atomic E-state index is 0.429. The molecule has 2 rings (SSSR count). The summed E-state index contributed by atoms with van der Waals surface area (Å²) in [7, 11) is 2.04. The Balaban J connectivity index is 2.04. The highest BCUT2D eigenvalue weighted by molar-refractivity contribution is 5.35. The lowest BCUT2D eigenvalue weighted by Crippen LogP contribution is -2.17. The van der Waals surface area contributed by atoms with Gasteiger partial charge in [0.1, 0.15) is 5.75 Å². The van der Waals surface area contributed by atoms with Crippen LogP contribution in [0.5, 0.6) is 5.75 Å². The smallest absolute Gasteiger partial charge is 0.124 e. The van der Waals surface area contributed by atoms with E-state index >= 15 is 0 Å². The Kier molecular flexibility index (Phi) is 4.43. The molecule has 1 saturated carbocycles. The number of ether oxygens (including phenoxy) is 1. The highest BCUT2D eigenvalue weighted by atomic mass is 16.5. The highest BCUT2D eigenvalue weighted by Gasteiger charge is 2.23. The molecule has 0 heterocycles. The van der Waals surface area contributed by atoms with Gasteiger partial charge in [-0.25, -0.2) is 0 Å². The summed E-state index contributed by atoms with van der Waals surface area (Å²) >= 11 is 0. The normalized spacial score (nSPS) is 16.8. The summed E-state index contributed by atoms with van der Waals surface area (Å²) in [4.78, 5) is 0. The molecule has 1 fully saturated rings. The Morgan fingerprint density at radius 2 is 2.12 bits per heavy atom. The van der Waals surface area contributed by atoms with Crippen molar-refractivity contribution in [2.45, 2.75) is 38.6 Å². The lowest BCUT2D eigenvalue weighted by atomic mass is 9.99. The van der Waals surface area contributed by atoms with Crippen molar-refractivity contribution in [3.8, 4) is 5.75 Å². The molecule has 1 N–H and O–H groups in total. The van der Waals surface area contributed by atoms with E-state index in [-0.39, 0.29) is 0 Å². The van der Waals surface area contributed by atoms with Gasteiger partial charge < -0.3 is 10.1 Å². The van der Waals surface area contributed by atoms with Gasteiger partial charge in [-0.3, -0.25) is 0 Å². The largest absolute Gasteiger partial charge is 0.494 e. The van der Waals surface area contributed by atoms with Crippen molar-refractivity contribution in [2.75, 3.05) is 13.7 Å². The van der Waals surface area contributed by atoms with Crippen molar-refractivity contribution in [2.24, 2.45) is 5.92 Å². The molecule has 0 aliphatic heterocycles. The third kappa shape index (κ3) is 3.47. The Labute approximate surface area is 104 Å². The van der Waals surface area contributed by atoms with Gasteiger partial charge in [0.2, 0.25) is 0 Å². The van der Waals surface area contributed by atoms with Gasteiger partial charge in [0, 0.05) is 11.6 Å². The zero-order valence-corrected chi connectivity index (χ0v) is 10.9. The van der Waals surface area contributed by atoms with E-state index in [1.165, 1.54) is 31.2 Å². The monoisotopic (exact) mass is 233 g/mol. The maximum Gasteiger partial charge on any atom is 0.124 e. The topological polar surface area (TPSA) is 21.3 Å². The quantitative estimate of drug-likeness (QED) is 0.778. The van der Waals surface area contributed by atoms with Crippen molar-refractivity contribution in [3.63, 3.8) is 0 Å². The summed E-state index contributed by atoms with van der Waals surface area (Å²) in [5.41, 5.74) is 1.30. The highest BCUT2D eigenvalue weighted by Crippen LogP contribution is 2.37. The molecule has 0 spiro atoms. The fraction of sp³-hybridized carbons (Fsp3) is 0.600. The van der Waals surface area contributed by atoms with Crippen LogP contribution in [-0.2, 0) is 0 Å². The van der Waals surface area contributed by atoms with Crippen LogP contribution < -0.4 is 10.1 Å². The molecule has 1 unspecified atom stereocenters. The average molecular weight is 233 g/mol. The number of para-hydroxylation sites is 1. The van der Waals surface area contributed by atoms with Crippen LogP contribution in [-0.4, -0.2) is 13.7 Å². The zero-order valence-electron chi connectivity index (χ0n) is 10.9. The number of nitrogens with one attached hydrogen (secondary N) is 1. The Morgan fingerprint density at radius 3 is 2.76 bits per heavy atom. The molecular formula is C15H23NO. The van der Waals surface area contributed by atoms with E-state index < -0.39 is 0 Å². The maximum atomic E-state index is 5.70. The number of benzene rings is 1. The molecule has 2 heteroatoms. The van der Waals surface area contributed by atoms with Crippen LogP contribution in [0.15, 0.2) is 24.3 Å². The summed E-state index contributed by atoms with van der Waals surface area (Å²) in [6.07, 6.45) is 5.42. The summed E-state index contributed by atoms with van der Waals surface area (Å²) in [5, 5.41) is 3.42. The van der Waals surface area contributed by atoms with Crippen molar-refractivity contribution < 1.29 is 4.74 Å². The molecule has 0 bridgehead atoms. The molecule has 2 nitrogen and oxygen atoms in total. The van der Waals surface area contributed by atoms with Gasteiger partial charge >= 0.3 is 0 Å². The zero-order chi connectivity index (χ0) is 12.1. The molecule has 1 aromatic rings. The SMILES string of the molecule is CCOc1ccccc1C(CCC1CC1)NC. The van der Waals surface area contributed by atoms with Crippen molar-refractivity contribution >= 4 is 0 Å². The van der Waals surface area contributed by atoms with E-state index in [9.17, 15) is 0 Å². The predicted octanol–water partition coefficient (Wildman–Crippen LogP) is 3.54. The molecule has 1 aliphatic carbocycles. The summed E-state index contributed by atoms with van der Waals surface area (Å²) in [5.74, 6) is 2.02. The lowest BCUT2D eigenvalue weighted by Gasteiger charge is -2.19. The van der Waals surface area contributed by atoms with Crippen molar-refractivity contribution in [1.82, 2.24) is 5.32 Å². The van der Waals surface area contributed by atoms with Gasteiger partial charge in [-0.2, -0.15) is 0 Å². The van der Waals surface area contributed by atoms with Gasteiger partial charge in [-0.1, -0.05) is 31.0 Å². The van der Waals surface area contributed by atoms with Crippen LogP contribution in [0.1, 0.15) is 44.2 Å². The van der Waals surface area contributed by atoms with E-state index in [1.54, 1.807) is 0 Å². The van der Waals surface area contributed by atoms with Crippen LogP contribution in [0.2, 0.25) is 0 Å². The van der Waals surface area contributed by atoms with Gasteiger partial charge in [-0.15, -0.1) is 0 Å². The average Bonchev–Trinajstić information content (AvgIpc) is 3.16. The van der Waals surface area contributed by atoms with Crippen LogP contribution in [0.4, 0.5) is 0 Å². The second kappa shape index (κ2) is 6.06. The number of hydrogen-bond acceptors (Lipinski definition) is 2. The minimum Gasteiger partial charge on any atom is -0.494 e. The molecule has 1 aromatic carbocycles. The van der Waals surface area contributed by atoms with E-state index in [1.807, 2.05) is 20.0 Å². The van der Waals surface area contributed by atoms with Gasteiger partial charge in [0.25, 0.3) is 0 Å². The molecule has 0 amide bonds. The van der Waals surface area contributed by atoms with Crippen molar-refractivity contribution in [1.29, 1.82) is 0 Å². The Hall–Kier alpha value is -1.02. The first-order valence-corrected chi connectivity index (χ1v) is 6.74. The molecular weight excluding hydrogens is 210 g/mol. The standard InChI is InChI=1S/C15H23NO/c1-3-17-15-7-5-4-6-13(15)14(16-2)11-10-12-8-9-12/h4-7,12,14,16H,3,8-11H2,1-2H3. The van der Waals surface area contributed by atoms with Crippen LogP contribution in [0.25, 0.3) is 0 Å². The van der Waals surface area contributed by atoms with E-state index in [4.69, 9.17) is 4.74 Å². The lowest BCUT2D eigenvalue weighted by molar-refractivity contribution is 0.330. The Bertz CT molecular complexity index is 347. The van der Waals surface area contributed by atoms with Crippen LogP contribution in [0, 0.1) is 5.92 Å². The van der Waals surface area contributed by atoms with Gasteiger partial charge in [0.15, 0.2) is 0 Å². The first-order valence-electron chi connectivity index (χ1n) is 6.74. The van der Waals surface area contributed by atoms with Gasteiger partial charge in [0.05, 0.1) is 6.61 Å². The first-order chi connectivity index (χ1) is 8.35. The molecule has 1 aliphatic rings.